The Morgan fingerprint density at radius 2 is 0.932 bits per heavy atom. The maximum atomic E-state index is 11.7. The quantitative estimate of drug-likeness (QED) is 0.143. The summed E-state index contributed by atoms with van der Waals surface area (Å²) >= 11 is 2.59. The zero-order valence-corrected chi connectivity index (χ0v) is 31.1. The third kappa shape index (κ3) is 7.38. The number of thiazole rings is 2. The van der Waals surface area contributed by atoms with Crippen LogP contribution in [0.3, 0.4) is 0 Å². The third-order valence-electron chi connectivity index (χ3n) is 6.26. The van der Waals surface area contributed by atoms with Crippen molar-refractivity contribution in [3.63, 3.8) is 0 Å². The molecule has 4 aromatic carbocycles. The fourth-order valence-corrected chi connectivity index (χ4v) is 8.11. The van der Waals surface area contributed by atoms with Gasteiger partial charge in [0.05, 0.1) is 41.6 Å². The molecule has 2 aromatic heterocycles. The molecule has 0 N–H and O–H groups in total. The fourth-order valence-electron chi connectivity index (χ4n) is 4.34. The van der Waals surface area contributed by atoms with E-state index in [1.54, 1.807) is 74.5 Å². The molecule has 6 aromatic rings. The van der Waals surface area contributed by atoms with E-state index >= 15 is 0 Å². The van der Waals surface area contributed by atoms with E-state index in [4.69, 9.17) is 0 Å². The van der Waals surface area contributed by atoms with E-state index in [-0.39, 0.29) is 79.9 Å². The SMILES string of the molecule is Cc1cc(S(=O)(=O)[O-])c2nc(-c3ccc(N=Nc4ccc(-c5nc6c(S(=O)(=O)[O-])cc(C)cc6s5)cc4)cc3)sc2c1.[Na+].[Na+]. The van der Waals surface area contributed by atoms with Gasteiger partial charge in [0, 0.05) is 11.1 Å². The summed E-state index contributed by atoms with van der Waals surface area (Å²) in [4.78, 5) is 8.19. The Morgan fingerprint density at radius 3 is 1.25 bits per heavy atom. The molecule has 44 heavy (non-hydrogen) atoms. The van der Waals surface area contributed by atoms with E-state index in [1.165, 1.54) is 34.8 Å². The van der Waals surface area contributed by atoms with Crippen molar-refractivity contribution in [3.8, 4) is 21.1 Å². The van der Waals surface area contributed by atoms with E-state index in [9.17, 15) is 25.9 Å². The minimum atomic E-state index is -4.66. The zero-order valence-electron chi connectivity index (χ0n) is 23.8. The summed E-state index contributed by atoms with van der Waals surface area (Å²) in [5, 5.41) is 9.69. The van der Waals surface area contributed by atoms with E-state index in [1.807, 2.05) is 0 Å². The minimum absolute atomic E-state index is 0. The molecule has 6 rings (SSSR count). The van der Waals surface area contributed by atoms with Crippen LogP contribution in [0.2, 0.25) is 0 Å². The summed E-state index contributed by atoms with van der Waals surface area (Å²) in [6, 6.07) is 20.4. The van der Waals surface area contributed by atoms with Crippen LogP contribution < -0.4 is 59.1 Å². The van der Waals surface area contributed by atoms with Crippen LogP contribution in [-0.4, -0.2) is 35.9 Å². The van der Waals surface area contributed by atoms with Crippen molar-refractivity contribution in [1.82, 2.24) is 9.97 Å². The molecule has 0 saturated carbocycles. The van der Waals surface area contributed by atoms with Gasteiger partial charge in [0.2, 0.25) is 0 Å². The summed E-state index contributed by atoms with van der Waals surface area (Å²) in [7, 11) is -9.33. The van der Waals surface area contributed by atoms with Gasteiger partial charge in [0.15, 0.2) is 0 Å². The van der Waals surface area contributed by atoms with Gasteiger partial charge in [-0.1, -0.05) is 0 Å². The molecule has 16 heteroatoms. The Balaban J connectivity index is 0.00000221. The Kier molecular flexibility index (Phi) is 10.7. The first-order valence-electron chi connectivity index (χ1n) is 12.2. The van der Waals surface area contributed by atoms with Gasteiger partial charge in [0.1, 0.15) is 30.3 Å². The van der Waals surface area contributed by atoms with Crippen molar-refractivity contribution >= 4 is 74.7 Å². The van der Waals surface area contributed by atoms with Gasteiger partial charge >= 0.3 is 59.1 Å². The molecule has 0 aliphatic carbocycles. The molecule has 0 bridgehead atoms. The largest absolute Gasteiger partial charge is 1.00 e. The average molecular weight is 681 g/mol. The summed E-state index contributed by atoms with van der Waals surface area (Å²) < 4.78 is 71.5. The Hall–Kier alpha value is -1.92. The van der Waals surface area contributed by atoms with Crippen LogP contribution in [0.4, 0.5) is 11.4 Å². The van der Waals surface area contributed by atoms with Crippen LogP contribution in [0, 0.1) is 13.8 Å². The number of benzene rings is 4. The Labute approximate surface area is 305 Å². The first-order chi connectivity index (χ1) is 19.8. The fraction of sp³-hybridized carbons (Fsp3) is 0.0714. The molecule has 212 valence electrons. The zero-order chi connectivity index (χ0) is 29.8. The molecule has 0 saturated heterocycles. The van der Waals surface area contributed by atoms with Crippen molar-refractivity contribution in [2.75, 3.05) is 0 Å². The molecule has 0 spiro atoms. The summed E-state index contributed by atoms with van der Waals surface area (Å²) in [5.74, 6) is 0. The first kappa shape index (κ1) is 34.9. The van der Waals surface area contributed by atoms with Gasteiger partial charge in [0.25, 0.3) is 0 Å². The number of nitrogens with zero attached hydrogens (tertiary/aromatic N) is 4. The molecule has 0 fully saturated rings. The van der Waals surface area contributed by atoms with Crippen molar-refractivity contribution in [1.29, 1.82) is 0 Å². The molecule has 0 aliphatic rings. The maximum absolute atomic E-state index is 11.7. The molecule has 0 unspecified atom stereocenters. The predicted octanol–water partition coefficient (Wildman–Crippen LogP) is 1.09. The summed E-state index contributed by atoms with van der Waals surface area (Å²) in [6.07, 6.45) is 0. The molecule has 0 radical (unpaired) electrons. The number of hydrogen-bond donors (Lipinski definition) is 0. The van der Waals surface area contributed by atoms with E-state index in [0.717, 1.165) is 11.1 Å². The number of aromatic nitrogens is 2. The minimum Gasteiger partial charge on any atom is -0.744 e. The normalized spacial score (nSPS) is 12.0. The van der Waals surface area contributed by atoms with E-state index in [2.05, 4.69) is 20.2 Å². The van der Waals surface area contributed by atoms with Crippen LogP contribution in [0.5, 0.6) is 0 Å². The van der Waals surface area contributed by atoms with Crippen LogP contribution in [0.15, 0.2) is 92.8 Å². The topological polar surface area (TPSA) is 165 Å². The molecule has 10 nitrogen and oxygen atoms in total. The van der Waals surface area contributed by atoms with Crippen molar-refractivity contribution in [2.24, 2.45) is 10.2 Å². The van der Waals surface area contributed by atoms with Gasteiger partial charge in [-0.05, 0) is 97.8 Å². The van der Waals surface area contributed by atoms with Crippen LogP contribution in [-0.2, 0) is 20.2 Å². The summed E-state index contributed by atoms with van der Waals surface area (Å²) in [6.45, 7) is 3.45. The second-order valence-corrected chi connectivity index (χ2v) is 14.2. The maximum Gasteiger partial charge on any atom is 1.00 e. The number of hydrogen-bond acceptors (Lipinski definition) is 12. The average Bonchev–Trinajstić information content (AvgIpc) is 3.55. The monoisotopic (exact) mass is 680 g/mol. The molecule has 0 amide bonds. The smallest absolute Gasteiger partial charge is 0.744 e. The van der Waals surface area contributed by atoms with Crippen molar-refractivity contribution in [3.05, 3.63) is 83.9 Å². The predicted molar refractivity (Wildman–Crippen MR) is 160 cm³/mol. The van der Waals surface area contributed by atoms with E-state index < -0.39 is 20.2 Å². The molecular weight excluding hydrogens is 663 g/mol. The van der Waals surface area contributed by atoms with Gasteiger partial charge in [-0.15, -0.1) is 22.7 Å². The van der Waals surface area contributed by atoms with Gasteiger partial charge < -0.3 is 9.11 Å². The Morgan fingerprint density at radius 1 is 0.591 bits per heavy atom. The van der Waals surface area contributed by atoms with Crippen molar-refractivity contribution < 1.29 is 85.1 Å². The molecule has 0 atom stereocenters. The third-order valence-corrected chi connectivity index (χ3v) is 10.1. The number of azo groups is 1. The standard InChI is InChI=1S/C28H20N4O6S4.2Na/c1-15-11-21-25(23(13-15)41(33,34)35)29-27(39-21)17-3-7-19(8-4-17)31-32-20-9-5-18(6-10-20)28-30-26-22(40-28)12-16(2)14-24(26)42(36,37)38;;/h3-14H,1-2H3,(H,33,34,35)(H,36,37,38);;/q;2*+1/p-2. The van der Waals surface area contributed by atoms with Crippen LogP contribution >= 0.6 is 22.7 Å². The second kappa shape index (κ2) is 13.4. The van der Waals surface area contributed by atoms with Crippen LogP contribution in [0.25, 0.3) is 41.6 Å². The molecule has 0 aliphatic heterocycles. The number of aryl methyl sites for hydroxylation is 2. The van der Waals surface area contributed by atoms with Crippen molar-refractivity contribution in [2.45, 2.75) is 23.6 Å². The number of fused-ring (bicyclic) bond motifs is 2. The Bertz CT molecular complexity index is 2110. The molecular formula is C28H18N4Na2O6S4. The second-order valence-electron chi connectivity index (χ2n) is 9.46. The summed E-state index contributed by atoms with van der Waals surface area (Å²) in [5.41, 5.74) is 4.30. The number of rotatable bonds is 6. The van der Waals surface area contributed by atoms with E-state index in [0.29, 0.717) is 41.9 Å². The van der Waals surface area contributed by atoms with Gasteiger partial charge in [-0.25, -0.2) is 26.8 Å². The first-order valence-corrected chi connectivity index (χ1v) is 16.7. The van der Waals surface area contributed by atoms with Crippen LogP contribution in [0.1, 0.15) is 11.1 Å². The van der Waals surface area contributed by atoms with Gasteiger partial charge in [-0.2, -0.15) is 10.2 Å². The molecule has 2 heterocycles. The van der Waals surface area contributed by atoms with Gasteiger partial charge in [-0.3, -0.25) is 0 Å².